The lowest BCUT2D eigenvalue weighted by Gasteiger charge is -2.35. The van der Waals surface area contributed by atoms with Crippen molar-refractivity contribution in [2.75, 3.05) is 12.3 Å². The van der Waals surface area contributed by atoms with Crippen LogP contribution in [-0.2, 0) is 6.54 Å². The van der Waals surface area contributed by atoms with Crippen molar-refractivity contribution in [2.45, 2.75) is 46.2 Å². The van der Waals surface area contributed by atoms with Gasteiger partial charge in [-0.1, -0.05) is 32.9 Å². The third kappa shape index (κ3) is 3.01. The Kier molecular flexibility index (Phi) is 3.43. The van der Waals surface area contributed by atoms with Gasteiger partial charge in [-0.05, 0) is 42.5 Å². The molecule has 0 bridgehead atoms. The normalized spacial score (nSPS) is 21.9. The van der Waals surface area contributed by atoms with Gasteiger partial charge in [0.1, 0.15) is 0 Å². The van der Waals surface area contributed by atoms with E-state index in [0.717, 1.165) is 12.2 Å². The predicted octanol–water partition coefficient (Wildman–Crippen LogP) is 3.28. The molecule has 17 heavy (non-hydrogen) atoms. The molecule has 94 valence electrons. The van der Waals surface area contributed by atoms with Crippen LogP contribution in [-0.4, -0.2) is 17.5 Å². The van der Waals surface area contributed by atoms with Gasteiger partial charge in [0.15, 0.2) is 0 Å². The third-order valence-corrected chi connectivity index (χ3v) is 3.70. The van der Waals surface area contributed by atoms with Gasteiger partial charge >= 0.3 is 0 Å². The van der Waals surface area contributed by atoms with Crippen molar-refractivity contribution < 1.29 is 0 Å². The zero-order chi connectivity index (χ0) is 12.5. The largest absolute Gasteiger partial charge is 0.399 e. The molecule has 0 aliphatic carbocycles. The molecule has 0 aromatic heterocycles. The highest BCUT2D eigenvalue weighted by Gasteiger charge is 2.33. The van der Waals surface area contributed by atoms with Crippen LogP contribution < -0.4 is 5.73 Å². The molecule has 2 N–H and O–H groups in total. The molecule has 1 heterocycles. The molecule has 0 spiro atoms. The van der Waals surface area contributed by atoms with Crippen molar-refractivity contribution in [3.05, 3.63) is 29.8 Å². The van der Waals surface area contributed by atoms with Crippen LogP contribution in [0.15, 0.2) is 24.3 Å². The lowest BCUT2D eigenvalue weighted by Crippen LogP contribution is -2.38. The van der Waals surface area contributed by atoms with Crippen LogP contribution in [0, 0.1) is 5.41 Å². The maximum absolute atomic E-state index is 5.83. The summed E-state index contributed by atoms with van der Waals surface area (Å²) in [4.78, 5) is 2.61. The number of rotatable bonds is 2. The van der Waals surface area contributed by atoms with Gasteiger partial charge in [-0.15, -0.1) is 0 Å². The highest BCUT2D eigenvalue weighted by atomic mass is 15.2. The Morgan fingerprint density at radius 1 is 1.35 bits per heavy atom. The third-order valence-electron chi connectivity index (χ3n) is 3.70. The summed E-state index contributed by atoms with van der Waals surface area (Å²) >= 11 is 0. The molecule has 1 unspecified atom stereocenters. The first kappa shape index (κ1) is 12.4. The molecule has 0 radical (unpaired) electrons. The van der Waals surface area contributed by atoms with Crippen LogP contribution in [0.4, 0.5) is 5.69 Å². The van der Waals surface area contributed by atoms with E-state index in [-0.39, 0.29) is 0 Å². The van der Waals surface area contributed by atoms with E-state index in [1.165, 1.54) is 24.9 Å². The molecule has 1 aromatic carbocycles. The van der Waals surface area contributed by atoms with Crippen molar-refractivity contribution >= 4 is 5.69 Å². The molecule has 1 atom stereocenters. The Hall–Kier alpha value is -1.02. The summed E-state index contributed by atoms with van der Waals surface area (Å²) in [5.74, 6) is 0. The van der Waals surface area contributed by atoms with Gasteiger partial charge in [-0.2, -0.15) is 0 Å². The monoisotopic (exact) mass is 232 g/mol. The SMILES string of the molecule is CC(C)(C)C1CCCN1Cc1cccc(N)c1. The molecule has 0 amide bonds. The quantitative estimate of drug-likeness (QED) is 0.793. The van der Waals surface area contributed by atoms with Crippen LogP contribution in [0.5, 0.6) is 0 Å². The van der Waals surface area contributed by atoms with Crippen molar-refractivity contribution in [1.29, 1.82) is 0 Å². The fourth-order valence-corrected chi connectivity index (χ4v) is 2.92. The Labute approximate surface area is 105 Å². The molecule has 1 saturated heterocycles. The zero-order valence-electron chi connectivity index (χ0n) is 11.2. The number of benzene rings is 1. The lowest BCUT2D eigenvalue weighted by molar-refractivity contribution is 0.134. The second kappa shape index (κ2) is 4.69. The van der Waals surface area contributed by atoms with E-state index in [9.17, 15) is 0 Å². The molecule has 2 heteroatoms. The maximum atomic E-state index is 5.83. The van der Waals surface area contributed by atoms with E-state index in [0.29, 0.717) is 11.5 Å². The lowest BCUT2D eigenvalue weighted by atomic mass is 9.85. The van der Waals surface area contributed by atoms with E-state index in [1.807, 2.05) is 12.1 Å². The van der Waals surface area contributed by atoms with Gasteiger partial charge < -0.3 is 5.73 Å². The second-order valence-corrected chi connectivity index (χ2v) is 6.24. The minimum Gasteiger partial charge on any atom is -0.399 e. The van der Waals surface area contributed by atoms with Crippen LogP contribution >= 0.6 is 0 Å². The fraction of sp³-hybridized carbons (Fsp3) is 0.600. The van der Waals surface area contributed by atoms with Crippen LogP contribution in [0.3, 0.4) is 0 Å². The predicted molar refractivity (Wildman–Crippen MR) is 73.7 cm³/mol. The minimum absolute atomic E-state index is 0.372. The van der Waals surface area contributed by atoms with Gasteiger partial charge in [0.05, 0.1) is 0 Å². The van der Waals surface area contributed by atoms with E-state index in [1.54, 1.807) is 0 Å². The molecular formula is C15H24N2. The van der Waals surface area contributed by atoms with Crippen LogP contribution in [0.1, 0.15) is 39.2 Å². The van der Waals surface area contributed by atoms with Gasteiger partial charge in [-0.25, -0.2) is 0 Å². The standard InChI is InChI=1S/C15H24N2/c1-15(2,3)14-8-5-9-17(14)11-12-6-4-7-13(16)10-12/h4,6-7,10,14H,5,8-9,11,16H2,1-3H3. The Morgan fingerprint density at radius 2 is 2.12 bits per heavy atom. The summed E-state index contributed by atoms with van der Waals surface area (Å²) in [5, 5.41) is 0. The summed E-state index contributed by atoms with van der Waals surface area (Å²) in [7, 11) is 0. The number of anilines is 1. The number of likely N-dealkylation sites (tertiary alicyclic amines) is 1. The summed E-state index contributed by atoms with van der Waals surface area (Å²) in [6.07, 6.45) is 2.65. The average Bonchev–Trinajstić information content (AvgIpc) is 2.65. The molecule has 2 rings (SSSR count). The van der Waals surface area contributed by atoms with E-state index in [2.05, 4.69) is 37.8 Å². The number of hydrogen-bond donors (Lipinski definition) is 1. The van der Waals surface area contributed by atoms with E-state index >= 15 is 0 Å². The highest BCUT2D eigenvalue weighted by Crippen LogP contribution is 2.33. The van der Waals surface area contributed by atoms with Crippen LogP contribution in [0.2, 0.25) is 0 Å². The van der Waals surface area contributed by atoms with Crippen molar-refractivity contribution in [1.82, 2.24) is 4.90 Å². The Morgan fingerprint density at radius 3 is 2.76 bits per heavy atom. The van der Waals surface area contributed by atoms with Crippen molar-refractivity contribution in [2.24, 2.45) is 5.41 Å². The first-order valence-electron chi connectivity index (χ1n) is 6.55. The molecule has 1 aliphatic heterocycles. The van der Waals surface area contributed by atoms with E-state index in [4.69, 9.17) is 5.73 Å². The first-order chi connectivity index (χ1) is 7.97. The second-order valence-electron chi connectivity index (χ2n) is 6.24. The Bertz CT molecular complexity index is 379. The van der Waals surface area contributed by atoms with Crippen molar-refractivity contribution in [3.63, 3.8) is 0 Å². The molecular weight excluding hydrogens is 208 g/mol. The number of nitrogens with zero attached hydrogens (tertiary/aromatic N) is 1. The molecule has 1 aliphatic rings. The van der Waals surface area contributed by atoms with Crippen LogP contribution in [0.25, 0.3) is 0 Å². The smallest absolute Gasteiger partial charge is 0.0317 e. The average molecular weight is 232 g/mol. The summed E-state index contributed by atoms with van der Waals surface area (Å²) in [6, 6.07) is 8.97. The maximum Gasteiger partial charge on any atom is 0.0317 e. The van der Waals surface area contributed by atoms with Gasteiger partial charge in [0.2, 0.25) is 0 Å². The Balaban J connectivity index is 2.08. The van der Waals surface area contributed by atoms with Gasteiger partial charge in [0.25, 0.3) is 0 Å². The zero-order valence-corrected chi connectivity index (χ0v) is 11.2. The summed E-state index contributed by atoms with van der Waals surface area (Å²) in [5.41, 5.74) is 8.41. The minimum atomic E-state index is 0.372. The fourth-order valence-electron chi connectivity index (χ4n) is 2.92. The number of nitrogens with two attached hydrogens (primary N) is 1. The number of nitrogen functional groups attached to an aromatic ring is 1. The van der Waals surface area contributed by atoms with Crippen molar-refractivity contribution in [3.8, 4) is 0 Å². The molecule has 2 nitrogen and oxygen atoms in total. The molecule has 1 fully saturated rings. The molecule has 1 aromatic rings. The summed E-state index contributed by atoms with van der Waals surface area (Å²) in [6.45, 7) is 9.28. The first-order valence-corrected chi connectivity index (χ1v) is 6.55. The highest BCUT2D eigenvalue weighted by molar-refractivity contribution is 5.40. The topological polar surface area (TPSA) is 29.3 Å². The summed E-state index contributed by atoms with van der Waals surface area (Å²) < 4.78 is 0. The number of hydrogen-bond acceptors (Lipinski definition) is 2. The van der Waals surface area contributed by atoms with Gasteiger partial charge in [0, 0.05) is 18.3 Å². The van der Waals surface area contributed by atoms with Gasteiger partial charge in [-0.3, -0.25) is 4.90 Å². The molecule has 0 saturated carbocycles. The van der Waals surface area contributed by atoms with E-state index < -0.39 is 0 Å².